The second-order valence-electron chi connectivity index (χ2n) is 11.6. The Bertz CT molecular complexity index is 1620. The number of aromatic nitrogens is 3. The Hall–Kier alpha value is -3.82. The van der Waals surface area contributed by atoms with Gasteiger partial charge in [0.25, 0.3) is 5.56 Å². The fourth-order valence-electron chi connectivity index (χ4n) is 5.29. The molecule has 216 valence electrons. The molecule has 1 aliphatic rings. The van der Waals surface area contributed by atoms with E-state index in [1.54, 1.807) is 41.4 Å². The van der Waals surface area contributed by atoms with E-state index in [9.17, 15) is 14.7 Å². The quantitative estimate of drug-likeness (QED) is 0.218. The van der Waals surface area contributed by atoms with Crippen molar-refractivity contribution in [2.75, 3.05) is 25.0 Å². The zero-order valence-corrected chi connectivity index (χ0v) is 24.5. The number of benzene rings is 2. The van der Waals surface area contributed by atoms with Gasteiger partial charge in [0, 0.05) is 30.9 Å². The van der Waals surface area contributed by atoms with E-state index in [-0.39, 0.29) is 18.2 Å². The Labute approximate surface area is 243 Å². The normalized spacial score (nSPS) is 15.2. The van der Waals surface area contributed by atoms with Crippen molar-refractivity contribution in [2.24, 2.45) is 0 Å². The fraction of sp³-hybridized carbons (Fsp3) is 0.387. The van der Waals surface area contributed by atoms with Crippen LogP contribution in [0.1, 0.15) is 62.3 Å². The van der Waals surface area contributed by atoms with Crippen LogP contribution in [0.25, 0.3) is 22.4 Å². The van der Waals surface area contributed by atoms with E-state index in [1.807, 2.05) is 27.7 Å². The van der Waals surface area contributed by atoms with E-state index in [4.69, 9.17) is 21.3 Å². The number of aryl methyl sites for hydroxylation is 1. The minimum atomic E-state index is -0.817. The molecule has 0 aliphatic carbocycles. The maximum Gasteiger partial charge on any atom is 0.410 e. The predicted octanol–water partition coefficient (Wildman–Crippen LogP) is 6.14. The Morgan fingerprint density at radius 1 is 1.22 bits per heavy atom. The number of aliphatic hydroxyl groups is 1. The smallest absolute Gasteiger partial charge is 0.410 e. The molecule has 1 aliphatic heterocycles. The summed E-state index contributed by atoms with van der Waals surface area (Å²) in [4.78, 5) is 38.1. The van der Waals surface area contributed by atoms with Crippen LogP contribution in [0.2, 0.25) is 5.02 Å². The number of ether oxygens (including phenoxy) is 1. The van der Waals surface area contributed by atoms with Crippen LogP contribution in [-0.4, -0.2) is 56.3 Å². The zero-order valence-electron chi connectivity index (χ0n) is 23.8. The number of aliphatic hydroxyl groups excluding tert-OH is 1. The van der Waals surface area contributed by atoms with Crippen molar-refractivity contribution in [1.82, 2.24) is 19.9 Å². The number of imidazole rings is 1. The highest BCUT2D eigenvalue weighted by atomic mass is 35.5. The summed E-state index contributed by atoms with van der Waals surface area (Å²) >= 11 is 6.07. The van der Waals surface area contributed by atoms with Crippen LogP contribution in [0, 0.1) is 6.92 Å². The van der Waals surface area contributed by atoms with Gasteiger partial charge < -0.3 is 30.0 Å². The van der Waals surface area contributed by atoms with Crippen LogP contribution in [-0.2, 0) is 4.74 Å². The molecule has 3 heterocycles. The monoisotopic (exact) mass is 577 g/mol. The molecule has 1 atom stereocenters. The van der Waals surface area contributed by atoms with Gasteiger partial charge in [0.15, 0.2) is 0 Å². The third-order valence-corrected chi connectivity index (χ3v) is 7.57. The maximum atomic E-state index is 13.0. The summed E-state index contributed by atoms with van der Waals surface area (Å²) in [6.45, 7) is 9.11. The Balaban J connectivity index is 1.35. The number of carbonyl (C=O) groups is 1. The van der Waals surface area contributed by atoms with Gasteiger partial charge in [0.1, 0.15) is 17.0 Å². The number of piperidine rings is 1. The fourth-order valence-corrected chi connectivity index (χ4v) is 5.49. The van der Waals surface area contributed by atoms with Crippen molar-refractivity contribution in [3.8, 4) is 11.4 Å². The molecule has 4 aromatic rings. The molecule has 5 rings (SSSR count). The van der Waals surface area contributed by atoms with Gasteiger partial charge in [0.2, 0.25) is 0 Å². The summed E-state index contributed by atoms with van der Waals surface area (Å²) in [6.07, 6.45) is 2.16. The Morgan fingerprint density at radius 2 is 1.98 bits per heavy atom. The van der Waals surface area contributed by atoms with Crippen molar-refractivity contribution >= 4 is 34.4 Å². The number of pyridine rings is 1. The van der Waals surface area contributed by atoms with Gasteiger partial charge in [-0.1, -0.05) is 29.8 Å². The number of fused-ring (bicyclic) bond motifs is 1. The van der Waals surface area contributed by atoms with Crippen LogP contribution < -0.4 is 10.9 Å². The predicted molar refractivity (Wildman–Crippen MR) is 162 cm³/mol. The minimum Gasteiger partial charge on any atom is -0.444 e. The molecular weight excluding hydrogens is 542 g/mol. The lowest BCUT2D eigenvalue weighted by Crippen LogP contribution is -2.41. The molecule has 0 bridgehead atoms. The molecule has 0 spiro atoms. The number of nitrogens with one attached hydrogen (secondary N) is 3. The average molecular weight is 578 g/mol. The first-order chi connectivity index (χ1) is 19.5. The van der Waals surface area contributed by atoms with Gasteiger partial charge in [-0.2, -0.15) is 0 Å². The third-order valence-electron chi connectivity index (χ3n) is 7.33. The van der Waals surface area contributed by atoms with Crippen molar-refractivity contribution in [1.29, 1.82) is 0 Å². The standard InChI is InChI=1S/C31H36ClN5O4/c1-18-14-21(19-9-12-37(13-10-19)30(40)41-31(2,3)4)16-24-27(18)36-28(35-24)26-23(8-11-33-29(26)39)34-17-25(38)20-6-5-7-22(32)15-20/h5-8,11,14-16,19,25,38H,9-10,12-13,17H2,1-4H3,(H,35,36)(H2,33,34,39)/t25-/m1/s1. The van der Waals surface area contributed by atoms with Gasteiger partial charge in [-0.3, -0.25) is 4.79 Å². The lowest BCUT2D eigenvalue weighted by molar-refractivity contribution is 0.0205. The van der Waals surface area contributed by atoms with Crippen molar-refractivity contribution < 1.29 is 14.6 Å². The molecule has 0 unspecified atom stereocenters. The zero-order chi connectivity index (χ0) is 29.3. The largest absolute Gasteiger partial charge is 0.444 e. The second kappa shape index (κ2) is 11.6. The lowest BCUT2D eigenvalue weighted by atomic mass is 9.88. The topological polar surface area (TPSA) is 123 Å². The van der Waals surface area contributed by atoms with Crippen molar-refractivity contribution in [3.05, 3.63) is 80.7 Å². The number of halogens is 1. The van der Waals surface area contributed by atoms with Gasteiger partial charge in [0.05, 0.1) is 22.8 Å². The number of H-pyrrole nitrogens is 2. The summed E-state index contributed by atoms with van der Waals surface area (Å²) in [5.74, 6) is 0.746. The molecule has 1 fully saturated rings. The number of aromatic amines is 2. The first kappa shape index (κ1) is 28.7. The number of hydrogen-bond donors (Lipinski definition) is 4. The van der Waals surface area contributed by atoms with E-state index in [1.165, 1.54) is 5.56 Å². The summed E-state index contributed by atoms with van der Waals surface area (Å²) in [6, 6.07) is 13.1. The van der Waals surface area contributed by atoms with Gasteiger partial charge in [-0.05, 0) is 87.4 Å². The number of nitrogens with zero attached hydrogens (tertiary/aromatic N) is 2. The number of amides is 1. The van der Waals surface area contributed by atoms with Crippen LogP contribution in [0.4, 0.5) is 10.5 Å². The molecule has 1 amide bonds. The first-order valence-electron chi connectivity index (χ1n) is 13.9. The second-order valence-corrected chi connectivity index (χ2v) is 12.0. The first-order valence-corrected chi connectivity index (χ1v) is 14.2. The lowest BCUT2D eigenvalue weighted by Gasteiger charge is -2.33. The number of anilines is 1. The van der Waals surface area contributed by atoms with Crippen LogP contribution >= 0.6 is 11.6 Å². The molecule has 9 nitrogen and oxygen atoms in total. The van der Waals surface area contributed by atoms with E-state index >= 15 is 0 Å². The number of carbonyl (C=O) groups excluding carboxylic acids is 1. The highest BCUT2D eigenvalue weighted by Gasteiger charge is 2.28. The molecule has 2 aromatic carbocycles. The van der Waals surface area contributed by atoms with Crippen molar-refractivity contribution in [3.63, 3.8) is 0 Å². The van der Waals surface area contributed by atoms with Gasteiger partial charge in [-0.25, -0.2) is 9.78 Å². The summed E-state index contributed by atoms with van der Waals surface area (Å²) in [7, 11) is 0. The van der Waals surface area contributed by atoms with Crippen molar-refractivity contribution in [2.45, 2.75) is 58.2 Å². The molecular formula is C31H36ClN5O4. The Morgan fingerprint density at radius 3 is 2.68 bits per heavy atom. The maximum absolute atomic E-state index is 13.0. The van der Waals surface area contributed by atoms with Gasteiger partial charge >= 0.3 is 6.09 Å². The third kappa shape index (κ3) is 6.57. The summed E-state index contributed by atoms with van der Waals surface area (Å²) in [5.41, 5.74) is 4.63. The van der Waals surface area contributed by atoms with Crippen LogP contribution in [0.15, 0.2) is 53.5 Å². The minimum absolute atomic E-state index is 0.183. The number of hydrogen-bond acceptors (Lipinski definition) is 6. The van der Waals surface area contributed by atoms with Crippen LogP contribution in [0.5, 0.6) is 0 Å². The molecule has 4 N–H and O–H groups in total. The molecule has 2 aromatic heterocycles. The average Bonchev–Trinajstić information content (AvgIpc) is 3.35. The highest BCUT2D eigenvalue weighted by molar-refractivity contribution is 6.30. The SMILES string of the molecule is Cc1cc(C2CCN(C(=O)OC(C)(C)C)CC2)cc2[nH]c(-c3c(NC[C@@H](O)c4cccc(Cl)c4)cc[nH]c3=O)nc12. The van der Waals surface area contributed by atoms with Crippen LogP contribution in [0.3, 0.4) is 0 Å². The number of rotatable bonds is 6. The molecule has 10 heteroatoms. The summed E-state index contributed by atoms with van der Waals surface area (Å²) in [5, 5.41) is 14.4. The highest BCUT2D eigenvalue weighted by Crippen LogP contribution is 2.33. The number of likely N-dealkylation sites (tertiary alicyclic amines) is 1. The Kier molecular flexibility index (Phi) is 8.11. The van der Waals surface area contributed by atoms with E-state index in [0.717, 1.165) is 29.4 Å². The van der Waals surface area contributed by atoms with E-state index < -0.39 is 11.7 Å². The molecule has 1 saturated heterocycles. The molecule has 41 heavy (non-hydrogen) atoms. The van der Waals surface area contributed by atoms with E-state index in [2.05, 4.69) is 27.4 Å². The van der Waals surface area contributed by atoms with E-state index in [0.29, 0.717) is 46.7 Å². The summed E-state index contributed by atoms with van der Waals surface area (Å²) < 4.78 is 5.54. The van der Waals surface area contributed by atoms with Gasteiger partial charge in [-0.15, -0.1) is 0 Å². The molecule has 0 saturated carbocycles. The molecule has 0 radical (unpaired) electrons.